The van der Waals surface area contributed by atoms with Gasteiger partial charge in [0.1, 0.15) is 16.5 Å². The third-order valence-corrected chi connectivity index (χ3v) is 6.20. The highest BCUT2D eigenvalue weighted by Gasteiger charge is 2.24. The van der Waals surface area contributed by atoms with E-state index in [2.05, 4.69) is 48.0 Å². The van der Waals surface area contributed by atoms with Crippen LogP contribution in [0.25, 0.3) is 10.6 Å². The highest BCUT2D eigenvalue weighted by Crippen LogP contribution is 2.26. The van der Waals surface area contributed by atoms with Crippen LogP contribution in [-0.2, 0) is 0 Å². The van der Waals surface area contributed by atoms with Crippen LogP contribution in [0.4, 0.5) is 10.1 Å². The summed E-state index contributed by atoms with van der Waals surface area (Å²) in [6.07, 6.45) is 0. The molecule has 0 bridgehead atoms. The van der Waals surface area contributed by atoms with Crippen molar-refractivity contribution >= 4 is 22.9 Å². The summed E-state index contributed by atoms with van der Waals surface area (Å²) in [6.45, 7) is 7.06. The molecule has 1 aliphatic rings. The Bertz CT molecular complexity index is 974. The van der Waals surface area contributed by atoms with E-state index in [1.54, 1.807) is 12.1 Å². The van der Waals surface area contributed by atoms with Crippen molar-refractivity contribution in [2.24, 2.45) is 0 Å². The first-order valence-corrected chi connectivity index (χ1v) is 10.7. The van der Waals surface area contributed by atoms with E-state index in [0.29, 0.717) is 24.7 Å². The molecule has 0 spiro atoms. The quantitative estimate of drug-likeness (QED) is 0.606. The van der Waals surface area contributed by atoms with Gasteiger partial charge in [-0.1, -0.05) is 38.1 Å². The Morgan fingerprint density at radius 1 is 1.00 bits per heavy atom. The van der Waals surface area contributed by atoms with Crippen LogP contribution in [-0.4, -0.2) is 42.0 Å². The molecule has 0 saturated carbocycles. The summed E-state index contributed by atoms with van der Waals surface area (Å²) in [4.78, 5) is 21.5. The molecule has 1 aromatic heterocycles. The molecule has 0 unspecified atom stereocenters. The molecule has 2 heterocycles. The van der Waals surface area contributed by atoms with Gasteiger partial charge < -0.3 is 9.80 Å². The van der Waals surface area contributed by atoms with Gasteiger partial charge in [0, 0.05) is 42.8 Å². The molecule has 0 radical (unpaired) electrons. The second-order valence-corrected chi connectivity index (χ2v) is 8.43. The normalized spacial score (nSPS) is 14.5. The monoisotopic (exact) mass is 409 g/mol. The van der Waals surface area contributed by atoms with E-state index in [1.807, 2.05) is 10.3 Å². The Labute approximate surface area is 174 Å². The van der Waals surface area contributed by atoms with Crippen LogP contribution < -0.4 is 4.90 Å². The van der Waals surface area contributed by atoms with E-state index in [1.165, 1.54) is 29.0 Å². The molecule has 0 aliphatic carbocycles. The summed E-state index contributed by atoms with van der Waals surface area (Å²) in [5, 5.41) is 2.72. The molecular formula is C23H24FN3OS. The average molecular weight is 410 g/mol. The standard InChI is InChI=1S/C23H24FN3OS/c1-16(2)17-3-5-18(6-4-17)22-25-21(15-29-22)23(28)27-13-11-26(12-14-27)20-9-7-19(24)8-10-20/h3-10,15-16H,11-14H2,1-2H3. The predicted octanol–water partition coefficient (Wildman–Crippen LogP) is 5.04. The first-order valence-electron chi connectivity index (χ1n) is 9.87. The Morgan fingerprint density at radius 3 is 2.28 bits per heavy atom. The molecule has 0 N–H and O–H groups in total. The Kier molecular flexibility index (Phi) is 5.62. The molecule has 3 aromatic rings. The summed E-state index contributed by atoms with van der Waals surface area (Å²) in [6, 6.07) is 14.9. The van der Waals surface area contributed by atoms with Gasteiger partial charge >= 0.3 is 0 Å². The molecule has 150 valence electrons. The van der Waals surface area contributed by atoms with Crippen molar-refractivity contribution in [3.8, 4) is 10.6 Å². The number of carbonyl (C=O) groups is 1. The molecule has 1 fully saturated rings. The zero-order valence-corrected chi connectivity index (χ0v) is 17.5. The smallest absolute Gasteiger partial charge is 0.273 e. The Morgan fingerprint density at radius 2 is 1.66 bits per heavy atom. The summed E-state index contributed by atoms with van der Waals surface area (Å²) in [5.74, 6) is 0.233. The van der Waals surface area contributed by atoms with Gasteiger partial charge in [0.2, 0.25) is 0 Å². The number of piperazine rings is 1. The van der Waals surface area contributed by atoms with Crippen molar-refractivity contribution < 1.29 is 9.18 Å². The topological polar surface area (TPSA) is 36.4 Å². The molecule has 29 heavy (non-hydrogen) atoms. The van der Waals surface area contributed by atoms with Crippen molar-refractivity contribution in [1.82, 2.24) is 9.88 Å². The molecule has 1 aliphatic heterocycles. The third kappa shape index (κ3) is 4.32. The van der Waals surface area contributed by atoms with Crippen molar-refractivity contribution in [2.75, 3.05) is 31.1 Å². The Hall–Kier alpha value is -2.73. The minimum Gasteiger partial charge on any atom is -0.368 e. The number of nitrogens with zero attached hydrogens (tertiary/aromatic N) is 3. The largest absolute Gasteiger partial charge is 0.368 e. The SMILES string of the molecule is CC(C)c1ccc(-c2nc(C(=O)N3CCN(c4ccc(F)cc4)CC3)cs2)cc1. The fourth-order valence-electron chi connectivity index (χ4n) is 3.50. The number of amides is 1. The van der Waals surface area contributed by atoms with Crippen LogP contribution in [0.5, 0.6) is 0 Å². The lowest BCUT2D eigenvalue weighted by molar-refractivity contribution is 0.0742. The molecule has 1 amide bonds. The molecule has 2 aromatic carbocycles. The zero-order valence-electron chi connectivity index (χ0n) is 16.6. The van der Waals surface area contributed by atoms with E-state index in [4.69, 9.17) is 0 Å². The zero-order chi connectivity index (χ0) is 20.4. The molecule has 4 nitrogen and oxygen atoms in total. The fraction of sp³-hybridized carbons (Fsp3) is 0.304. The van der Waals surface area contributed by atoms with Gasteiger partial charge in [0.25, 0.3) is 5.91 Å². The highest BCUT2D eigenvalue weighted by atomic mass is 32.1. The van der Waals surface area contributed by atoms with Crippen molar-refractivity contribution in [3.63, 3.8) is 0 Å². The summed E-state index contributed by atoms with van der Waals surface area (Å²) in [5.41, 5.74) is 3.83. The van der Waals surface area contributed by atoms with E-state index < -0.39 is 0 Å². The lowest BCUT2D eigenvalue weighted by Gasteiger charge is -2.35. The third-order valence-electron chi connectivity index (χ3n) is 5.31. The number of hydrogen-bond acceptors (Lipinski definition) is 4. The summed E-state index contributed by atoms with van der Waals surface area (Å²) < 4.78 is 13.1. The van der Waals surface area contributed by atoms with E-state index in [0.717, 1.165) is 29.3 Å². The lowest BCUT2D eigenvalue weighted by atomic mass is 10.0. The number of carbonyl (C=O) groups excluding carboxylic acids is 1. The number of hydrogen-bond donors (Lipinski definition) is 0. The van der Waals surface area contributed by atoms with Crippen LogP contribution in [0.15, 0.2) is 53.9 Å². The van der Waals surface area contributed by atoms with E-state index >= 15 is 0 Å². The average Bonchev–Trinajstić information content (AvgIpc) is 3.24. The maximum atomic E-state index is 13.1. The number of anilines is 1. The van der Waals surface area contributed by atoms with Crippen LogP contribution in [0.1, 0.15) is 35.8 Å². The minimum atomic E-state index is -0.235. The fourth-order valence-corrected chi connectivity index (χ4v) is 4.30. The van der Waals surface area contributed by atoms with E-state index in [-0.39, 0.29) is 11.7 Å². The van der Waals surface area contributed by atoms with Crippen molar-refractivity contribution in [3.05, 3.63) is 71.0 Å². The van der Waals surface area contributed by atoms with Crippen LogP contribution >= 0.6 is 11.3 Å². The minimum absolute atomic E-state index is 0.0231. The van der Waals surface area contributed by atoms with Crippen LogP contribution in [0, 0.1) is 5.82 Å². The van der Waals surface area contributed by atoms with E-state index in [9.17, 15) is 9.18 Å². The molecule has 1 saturated heterocycles. The van der Waals surface area contributed by atoms with Gasteiger partial charge in [-0.05, 0) is 35.7 Å². The highest BCUT2D eigenvalue weighted by molar-refractivity contribution is 7.13. The van der Waals surface area contributed by atoms with Gasteiger partial charge in [-0.15, -0.1) is 11.3 Å². The predicted molar refractivity (Wildman–Crippen MR) is 116 cm³/mol. The maximum absolute atomic E-state index is 13.1. The van der Waals surface area contributed by atoms with Gasteiger partial charge in [0.15, 0.2) is 0 Å². The number of halogens is 1. The number of rotatable bonds is 4. The summed E-state index contributed by atoms with van der Waals surface area (Å²) >= 11 is 1.50. The van der Waals surface area contributed by atoms with Crippen molar-refractivity contribution in [2.45, 2.75) is 19.8 Å². The number of aromatic nitrogens is 1. The number of benzene rings is 2. The second kappa shape index (κ2) is 8.33. The van der Waals surface area contributed by atoms with Gasteiger partial charge in [-0.2, -0.15) is 0 Å². The lowest BCUT2D eigenvalue weighted by Crippen LogP contribution is -2.48. The molecule has 4 rings (SSSR count). The Balaban J connectivity index is 1.40. The molecule has 0 atom stereocenters. The molecular weight excluding hydrogens is 385 g/mol. The van der Waals surface area contributed by atoms with Crippen LogP contribution in [0.3, 0.4) is 0 Å². The molecule has 6 heteroatoms. The van der Waals surface area contributed by atoms with Gasteiger partial charge in [-0.25, -0.2) is 9.37 Å². The van der Waals surface area contributed by atoms with Gasteiger partial charge in [0.05, 0.1) is 0 Å². The summed E-state index contributed by atoms with van der Waals surface area (Å²) in [7, 11) is 0. The van der Waals surface area contributed by atoms with Crippen molar-refractivity contribution in [1.29, 1.82) is 0 Å². The second-order valence-electron chi connectivity index (χ2n) is 7.57. The first kappa shape index (κ1) is 19.6. The first-order chi connectivity index (χ1) is 14.0. The van der Waals surface area contributed by atoms with Gasteiger partial charge in [-0.3, -0.25) is 4.79 Å². The maximum Gasteiger partial charge on any atom is 0.273 e. The number of thiazole rings is 1. The van der Waals surface area contributed by atoms with Crippen LogP contribution in [0.2, 0.25) is 0 Å².